The maximum Gasteiger partial charge on any atom is 0.342 e. The van der Waals surface area contributed by atoms with Crippen LogP contribution in [0.15, 0.2) is 24.3 Å². The molecule has 2 N–H and O–H groups in total. The average molecular weight is 329 g/mol. The summed E-state index contributed by atoms with van der Waals surface area (Å²) in [6.45, 7) is 0. The Morgan fingerprint density at radius 2 is 1.67 bits per heavy atom. The summed E-state index contributed by atoms with van der Waals surface area (Å²) in [5.74, 6) is -1.06. The van der Waals surface area contributed by atoms with Crippen LogP contribution < -0.4 is 0 Å². The normalized spacial score (nSPS) is 10.4. The van der Waals surface area contributed by atoms with Crippen molar-refractivity contribution < 1.29 is 20.0 Å². The van der Waals surface area contributed by atoms with Crippen molar-refractivity contribution in [2.24, 2.45) is 0 Å². The Morgan fingerprint density at radius 1 is 1.14 bits per heavy atom. The molecule has 0 unspecified atom stereocenters. The number of carbonyl (C=O) groups is 1. The number of nitrogens with zero attached hydrogens (tertiary/aromatic N) is 3. The molecule has 21 heavy (non-hydrogen) atoms. The Labute approximate surface area is 128 Å². The first-order valence-electron chi connectivity index (χ1n) is 5.58. The third kappa shape index (κ3) is 3.45. The van der Waals surface area contributed by atoms with Gasteiger partial charge in [-0.2, -0.15) is 0 Å². The van der Waals surface area contributed by atoms with Crippen LogP contribution in [-0.2, 0) is 6.42 Å². The third-order valence-corrected chi connectivity index (χ3v) is 3.15. The van der Waals surface area contributed by atoms with Gasteiger partial charge in [0.15, 0.2) is 0 Å². The third-order valence-electron chi connectivity index (χ3n) is 2.60. The fraction of sp³-hybridized carbons (Fsp3) is 0.0833. The second-order valence-corrected chi connectivity index (χ2v) is 4.73. The van der Waals surface area contributed by atoms with Crippen molar-refractivity contribution in [3.05, 3.63) is 56.4 Å². The van der Waals surface area contributed by atoms with E-state index >= 15 is 0 Å². The predicted octanol–water partition coefficient (Wildman–Crippen LogP) is 2.87. The van der Waals surface area contributed by atoms with Crippen molar-refractivity contribution in [2.45, 2.75) is 6.42 Å². The number of carboxylic acids is 1. The highest BCUT2D eigenvalue weighted by Gasteiger charge is 2.18. The SMILES string of the molecule is O=C(O)c1c(Cl)nc(Cc2ccc([N+](=O)O)cc2)nc1Cl. The lowest BCUT2D eigenvalue weighted by Gasteiger charge is -2.05. The maximum atomic E-state index is 10.9. The molecule has 0 aliphatic rings. The molecule has 1 aromatic carbocycles. The topological polar surface area (TPSA) is 103 Å². The van der Waals surface area contributed by atoms with Crippen LogP contribution in [0.5, 0.6) is 0 Å². The molecule has 1 heterocycles. The zero-order valence-corrected chi connectivity index (χ0v) is 11.8. The number of aromatic carboxylic acids is 1. The van der Waals surface area contributed by atoms with E-state index in [2.05, 4.69) is 9.97 Å². The van der Waals surface area contributed by atoms with Gasteiger partial charge >= 0.3 is 11.7 Å². The first-order valence-corrected chi connectivity index (χ1v) is 6.34. The van der Waals surface area contributed by atoms with Crippen LogP contribution in [0.1, 0.15) is 21.7 Å². The quantitative estimate of drug-likeness (QED) is 0.660. The summed E-state index contributed by atoms with van der Waals surface area (Å²) in [5.41, 5.74) is 0.465. The van der Waals surface area contributed by atoms with Gasteiger partial charge in [0.05, 0.1) is 4.91 Å². The van der Waals surface area contributed by atoms with E-state index in [9.17, 15) is 9.70 Å². The molecule has 0 radical (unpaired) electrons. The Balaban J connectivity index is 2.28. The summed E-state index contributed by atoms with van der Waals surface area (Å²) < 4.78 is 0. The van der Waals surface area contributed by atoms with Gasteiger partial charge in [-0.25, -0.2) is 20.0 Å². The van der Waals surface area contributed by atoms with Crippen molar-refractivity contribution in [3.63, 3.8) is 0 Å². The summed E-state index contributed by atoms with van der Waals surface area (Å²) >= 11 is 11.5. The second kappa shape index (κ2) is 6.02. The van der Waals surface area contributed by atoms with Crippen LogP contribution in [-0.4, -0.2) is 31.2 Å². The number of halogens is 2. The van der Waals surface area contributed by atoms with Gasteiger partial charge in [0, 0.05) is 18.6 Å². The monoisotopic (exact) mass is 328 g/mol. The molecule has 0 spiro atoms. The van der Waals surface area contributed by atoms with Gasteiger partial charge in [0.25, 0.3) is 4.92 Å². The Hall–Kier alpha value is -2.25. The summed E-state index contributed by atoms with van der Waals surface area (Å²) in [6.07, 6.45) is 0.240. The minimum absolute atomic E-state index is 0.0805. The van der Waals surface area contributed by atoms with E-state index in [1.807, 2.05) is 0 Å². The van der Waals surface area contributed by atoms with Gasteiger partial charge in [-0.1, -0.05) is 35.3 Å². The number of rotatable bonds is 4. The second-order valence-electron chi connectivity index (χ2n) is 4.02. The first kappa shape index (κ1) is 15.1. The molecule has 1 aromatic heterocycles. The number of aromatic nitrogens is 2. The van der Waals surface area contributed by atoms with Gasteiger partial charge in [-0.3, -0.25) is 0 Å². The van der Waals surface area contributed by atoms with Crippen LogP contribution in [0.25, 0.3) is 0 Å². The summed E-state index contributed by atoms with van der Waals surface area (Å²) in [7, 11) is 0. The molecule has 2 aromatic rings. The van der Waals surface area contributed by atoms with E-state index in [-0.39, 0.29) is 38.7 Å². The number of hydrogen-bond acceptors (Lipinski definition) is 4. The highest BCUT2D eigenvalue weighted by Crippen LogP contribution is 2.22. The first-order chi connectivity index (χ1) is 9.88. The fourth-order valence-electron chi connectivity index (χ4n) is 1.63. The van der Waals surface area contributed by atoms with Gasteiger partial charge in [-0.05, 0) is 5.56 Å². The van der Waals surface area contributed by atoms with Gasteiger partial charge in [0.1, 0.15) is 21.7 Å². The van der Waals surface area contributed by atoms with Crippen LogP contribution in [0.4, 0.5) is 5.69 Å². The molecule has 0 atom stereocenters. The molecular weight excluding hydrogens is 321 g/mol. The Bertz CT molecular complexity index is 696. The van der Waals surface area contributed by atoms with Crippen LogP contribution in [0, 0.1) is 4.91 Å². The zero-order chi connectivity index (χ0) is 15.6. The van der Waals surface area contributed by atoms with E-state index < -0.39 is 5.97 Å². The summed E-state index contributed by atoms with van der Waals surface area (Å²) in [6, 6.07) is 6.01. The Kier molecular flexibility index (Phi) is 4.35. The van der Waals surface area contributed by atoms with E-state index in [1.54, 1.807) is 12.1 Å². The molecule has 2 rings (SSSR count). The van der Waals surface area contributed by atoms with Crippen LogP contribution in [0.2, 0.25) is 10.3 Å². The van der Waals surface area contributed by atoms with E-state index in [4.69, 9.17) is 33.5 Å². The lowest BCUT2D eigenvalue weighted by Crippen LogP contribution is -2.06. The number of hydrogen-bond donors (Lipinski definition) is 2. The van der Waals surface area contributed by atoms with Crippen molar-refractivity contribution in [2.75, 3.05) is 0 Å². The summed E-state index contributed by atoms with van der Waals surface area (Å²) in [4.78, 5) is 29.1. The number of benzene rings is 1. The standard InChI is InChI=1S/C12H7Cl2N3O4/c13-10-9(12(18)19)11(14)16-8(15-10)5-6-1-3-7(4-2-6)17(20)21/h1-4H,5H2,(H-,18,19,20,21)/p+1. The lowest BCUT2D eigenvalue weighted by atomic mass is 10.1. The van der Waals surface area contributed by atoms with Crippen molar-refractivity contribution in [1.29, 1.82) is 0 Å². The zero-order valence-electron chi connectivity index (χ0n) is 10.3. The maximum absolute atomic E-state index is 10.9. The van der Waals surface area contributed by atoms with Gasteiger partial charge in [0.2, 0.25) is 0 Å². The molecule has 0 saturated heterocycles. The largest absolute Gasteiger partial charge is 0.477 e. The molecule has 7 nitrogen and oxygen atoms in total. The van der Waals surface area contributed by atoms with E-state index in [1.165, 1.54) is 12.1 Å². The molecule has 0 bridgehead atoms. The Morgan fingerprint density at radius 3 is 2.10 bits per heavy atom. The molecule has 9 heteroatoms. The predicted molar refractivity (Wildman–Crippen MR) is 73.3 cm³/mol. The van der Waals surface area contributed by atoms with Crippen molar-refractivity contribution >= 4 is 34.9 Å². The smallest absolute Gasteiger partial charge is 0.342 e. The highest BCUT2D eigenvalue weighted by molar-refractivity contribution is 6.37. The van der Waals surface area contributed by atoms with Crippen molar-refractivity contribution in [1.82, 2.24) is 9.97 Å². The van der Waals surface area contributed by atoms with Crippen molar-refractivity contribution in [3.8, 4) is 0 Å². The minimum Gasteiger partial charge on any atom is -0.477 e. The van der Waals surface area contributed by atoms with E-state index in [0.29, 0.717) is 0 Å². The lowest BCUT2D eigenvalue weighted by molar-refractivity contribution is -0.729. The van der Waals surface area contributed by atoms with Crippen LogP contribution >= 0.6 is 23.2 Å². The molecule has 0 aliphatic carbocycles. The van der Waals surface area contributed by atoms with Gasteiger partial charge in [-0.15, -0.1) is 0 Å². The highest BCUT2D eigenvalue weighted by atomic mass is 35.5. The number of carboxylic acid groups (broad SMARTS) is 1. The van der Waals surface area contributed by atoms with Crippen LogP contribution in [0.3, 0.4) is 0 Å². The average Bonchev–Trinajstić information content (AvgIpc) is 2.37. The van der Waals surface area contributed by atoms with E-state index in [0.717, 1.165) is 5.56 Å². The molecule has 0 fully saturated rings. The fourth-order valence-corrected chi connectivity index (χ4v) is 2.21. The molecule has 0 aliphatic heterocycles. The minimum atomic E-state index is -1.31. The molecule has 0 amide bonds. The van der Waals surface area contributed by atoms with Gasteiger partial charge < -0.3 is 5.11 Å². The molecular formula is C12H8Cl2N3O4+. The molecule has 108 valence electrons. The molecule has 0 saturated carbocycles. The summed E-state index contributed by atoms with van der Waals surface area (Å²) in [5, 5.41) is 17.1.